The highest BCUT2D eigenvalue weighted by Crippen LogP contribution is 2.33. The molecular formula is C23H20F3N3O2. The summed E-state index contributed by atoms with van der Waals surface area (Å²) in [5, 5.41) is 14.3. The van der Waals surface area contributed by atoms with Gasteiger partial charge in [0.05, 0.1) is 24.2 Å². The summed E-state index contributed by atoms with van der Waals surface area (Å²) in [5.74, 6) is -0.903. The third-order valence-electron chi connectivity index (χ3n) is 5.38. The number of nitrogens with zero attached hydrogens (tertiary/aromatic N) is 2. The minimum atomic E-state index is -4.39. The zero-order valence-electron chi connectivity index (χ0n) is 16.9. The van der Waals surface area contributed by atoms with Crippen molar-refractivity contribution in [3.63, 3.8) is 0 Å². The standard InChI is InChI=1S/C23H20F3N3O2/c1-13-19(11-22(30)31)14(2)29(28-13)12-15-4-3-5-16(8-15)20-9-17-6-7-18(23(24,25)26)10-21(17)27-20/h3-10,27H,11-12H2,1-2H3,(H,30,31). The maximum absolute atomic E-state index is 13.0. The number of nitrogens with one attached hydrogen (secondary N) is 1. The second-order valence-corrected chi connectivity index (χ2v) is 7.56. The average Bonchev–Trinajstić information content (AvgIpc) is 3.23. The van der Waals surface area contributed by atoms with Gasteiger partial charge in [-0.25, -0.2) is 0 Å². The van der Waals surface area contributed by atoms with Gasteiger partial charge in [0, 0.05) is 27.9 Å². The third-order valence-corrected chi connectivity index (χ3v) is 5.38. The van der Waals surface area contributed by atoms with Gasteiger partial charge in [-0.15, -0.1) is 0 Å². The quantitative estimate of drug-likeness (QED) is 0.452. The zero-order chi connectivity index (χ0) is 22.3. The smallest absolute Gasteiger partial charge is 0.416 e. The minimum absolute atomic E-state index is 0.0767. The molecule has 0 unspecified atom stereocenters. The molecule has 0 aliphatic heterocycles. The van der Waals surface area contributed by atoms with Gasteiger partial charge >= 0.3 is 12.1 Å². The van der Waals surface area contributed by atoms with Crippen LogP contribution in [-0.4, -0.2) is 25.8 Å². The molecule has 0 aliphatic carbocycles. The molecule has 4 aromatic rings. The highest BCUT2D eigenvalue weighted by molar-refractivity contribution is 5.86. The molecule has 2 N–H and O–H groups in total. The van der Waals surface area contributed by atoms with Gasteiger partial charge in [-0.3, -0.25) is 9.48 Å². The van der Waals surface area contributed by atoms with Crippen LogP contribution in [0.2, 0.25) is 0 Å². The summed E-state index contributed by atoms with van der Waals surface area (Å²) in [6.07, 6.45) is -4.47. The normalized spacial score (nSPS) is 11.9. The van der Waals surface area contributed by atoms with Crippen LogP contribution in [0.25, 0.3) is 22.2 Å². The monoisotopic (exact) mass is 427 g/mol. The van der Waals surface area contributed by atoms with Crippen LogP contribution < -0.4 is 0 Å². The summed E-state index contributed by atoms with van der Waals surface area (Å²) >= 11 is 0. The fraction of sp³-hybridized carbons (Fsp3) is 0.217. The first kappa shape index (κ1) is 20.7. The number of fused-ring (bicyclic) bond motifs is 1. The summed E-state index contributed by atoms with van der Waals surface area (Å²) in [7, 11) is 0. The fourth-order valence-electron chi connectivity index (χ4n) is 3.76. The first-order valence-electron chi connectivity index (χ1n) is 9.66. The highest BCUT2D eigenvalue weighted by Gasteiger charge is 2.30. The fourth-order valence-corrected chi connectivity index (χ4v) is 3.76. The van der Waals surface area contributed by atoms with Crippen molar-refractivity contribution in [2.24, 2.45) is 0 Å². The molecule has 2 aromatic heterocycles. The molecule has 0 fully saturated rings. The lowest BCUT2D eigenvalue weighted by Crippen LogP contribution is -2.06. The number of carboxylic acid groups (broad SMARTS) is 1. The van der Waals surface area contributed by atoms with Gasteiger partial charge in [0.1, 0.15) is 0 Å². The van der Waals surface area contributed by atoms with Crippen molar-refractivity contribution in [3.8, 4) is 11.3 Å². The third kappa shape index (κ3) is 4.19. The number of rotatable bonds is 5. The van der Waals surface area contributed by atoms with Crippen LogP contribution in [0.1, 0.15) is 28.1 Å². The number of carbonyl (C=O) groups is 1. The molecule has 0 atom stereocenters. The first-order chi connectivity index (χ1) is 14.6. The van der Waals surface area contributed by atoms with E-state index in [1.807, 2.05) is 37.3 Å². The van der Waals surface area contributed by atoms with Crippen molar-refractivity contribution in [1.82, 2.24) is 14.8 Å². The molecule has 0 bridgehead atoms. The number of alkyl halides is 3. The molecule has 8 heteroatoms. The average molecular weight is 427 g/mol. The summed E-state index contributed by atoms with van der Waals surface area (Å²) in [6.45, 7) is 4.09. The highest BCUT2D eigenvalue weighted by atomic mass is 19.4. The number of hydrogen-bond donors (Lipinski definition) is 2. The molecule has 5 nitrogen and oxygen atoms in total. The van der Waals surface area contributed by atoms with Crippen molar-refractivity contribution < 1.29 is 23.1 Å². The molecule has 160 valence electrons. The van der Waals surface area contributed by atoms with Crippen LogP contribution in [0.3, 0.4) is 0 Å². The van der Waals surface area contributed by atoms with Gasteiger partial charge in [-0.2, -0.15) is 18.3 Å². The Morgan fingerprint density at radius 2 is 1.90 bits per heavy atom. The Balaban J connectivity index is 1.64. The second-order valence-electron chi connectivity index (χ2n) is 7.56. The SMILES string of the molecule is Cc1nn(Cc2cccc(-c3cc4ccc(C(F)(F)F)cc4[nH]3)c2)c(C)c1CC(=O)O. The van der Waals surface area contributed by atoms with Crippen molar-refractivity contribution in [2.45, 2.75) is 33.0 Å². The lowest BCUT2D eigenvalue weighted by atomic mass is 10.1. The summed E-state index contributed by atoms with van der Waals surface area (Å²) in [4.78, 5) is 14.2. The second kappa shape index (κ2) is 7.61. The number of halogens is 3. The minimum Gasteiger partial charge on any atom is -0.481 e. The lowest BCUT2D eigenvalue weighted by molar-refractivity contribution is -0.138. The van der Waals surface area contributed by atoms with Crippen LogP contribution >= 0.6 is 0 Å². The summed E-state index contributed by atoms with van der Waals surface area (Å²) < 4.78 is 40.7. The van der Waals surface area contributed by atoms with E-state index >= 15 is 0 Å². The van der Waals surface area contributed by atoms with Crippen LogP contribution in [0, 0.1) is 13.8 Å². The number of aromatic nitrogens is 3. The Hall–Kier alpha value is -3.55. The largest absolute Gasteiger partial charge is 0.481 e. The number of aromatic amines is 1. The molecular weight excluding hydrogens is 407 g/mol. The van der Waals surface area contributed by atoms with E-state index in [2.05, 4.69) is 10.1 Å². The number of benzene rings is 2. The Kier molecular flexibility index (Phi) is 5.08. The lowest BCUT2D eigenvalue weighted by Gasteiger charge is -2.07. The van der Waals surface area contributed by atoms with Gasteiger partial charge in [0.15, 0.2) is 0 Å². The van der Waals surface area contributed by atoms with E-state index < -0.39 is 17.7 Å². The number of aryl methyl sites for hydroxylation is 1. The molecule has 2 aromatic carbocycles. The van der Waals surface area contributed by atoms with E-state index in [4.69, 9.17) is 5.11 Å². The molecule has 2 heterocycles. The Morgan fingerprint density at radius 3 is 2.61 bits per heavy atom. The molecule has 0 amide bonds. The van der Waals surface area contributed by atoms with Gasteiger partial charge < -0.3 is 10.1 Å². The zero-order valence-corrected chi connectivity index (χ0v) is 16.9. The topological polar surface area (TPSA) is 70.9 Å². The van der Waals surface area contributed by atoms with E-state index in [1.54, 1.807) is 11.6 Å². The molecule has 0 saturated carbocycles. The molecule has 4 rings (SSSR count). The summed E-state index contributed by atoms with van der Waals surface area (Å²) in [5.41, 5.74) is 4.43. The maximum Gasteiger partial charge on any atom is 0.416 e. The Morgan fingerprint density at radius 1 is 1.13 bits per heavy atom. The maximum atomic E-state index is 13.0. The van der Waals surface area contributed by atoms with E-state index in [9.17, 15) is 18.0 Å². The Labute approximate surface area is 176 Å². The van der Waals surface area contributed by atoms with E-state index in [0.29, 0.717) is 28.7 Å². The van der Waals surface area contributed by atoms with Crippen LogP contribution in [0.5, 0.6) is 0 Å². The first-order valence-corrected chi connectivity index (χ1v) is 9.66. The van der Waals surface area contributed by atoms with Crippen LogP contribution in [-0.2, 0) is 23.9 Å². The van der Waals surface area contributed by atoms with E-state index in [0.717, 1.165) is 34.6 Å². The predicted molar refractivity (Wildman–Crippen MR) is 111 cm³/mol. The van der Waals surface area contributed by atoms with Crippen molar-refractivity contribution in [1.29, 1.82) is 0 Å². The van der Waals surface area contributed by atoms with Crippen LogP contribution in [0.15, 0.2) is 48.5 Å². The van der Waals surface area contributed by atoms with Crippen molar-refractivity contribution in [2.75, 3.05) is 0 Å². The van der Waals surface area contributed by atoms with Gasteiger partial charge in [-0.05, 0) is 49.2 Å². The van der Waals surface area contributed by atoms with Crippen LogP contribution in [0.4, 0.5) is 13.2 Å². The molecule has 0 radical (unpaired) electrons. The van der Waals surface area contributed by atoms with Crippen molar-refractivity contribution >= 4 is 16.9 Å². The van der Waals surface area contributed by atoms with Gasteiger partial charge in [-0.1, -0.05) is 24.3 Å². The molecule has 0 saturated heterocycles. The van der Waals surface area contributed by atoms with Gasteiger partial charge in [0.25, 0.3) is 0 Å². The van der Waals surface area contributed by atoms with E-state index in [1.165, 1.54) is 6.07 Å². The van der Waals surface area contributed by atoms with Gasteiger partial charge in [0.2, 0.25) is 0 Å². The molecule has 0 aliphatic rings. The number of carboxylic acids is 1. The number of H-pyrrole nitrogens is 1. The van der Waals surface area contributed by atoms with Crippen molar-refractivity contribution in [3.05, 3.63) is 76.6 Å². The number of hydrogen-bond acceptors (Lipinski definition) is 2. The Bertz CT molecular complexity index is 1290. The predicted octanol–water partition coefficient (Wildman–Crippen LogP) is 5.34. The molecule has 0 spiro atoms. The number of aliphatic carboxylic acids is 1. The summed E-state index contributed by atoms with van der Waals surface area (Å²) in [6, 6.07) is 13.1. The van der Waals surface area contributed by atoms with E-state index in [-0.39, 0.29) is 6.42 Å². The molecule has 31 heavy (non-hydrogen) atoms.